The van der Waals surface area contributed by atoms with Gasteiger partial charge in [0.25, 0.3) is 5.91 Å². The zero-order chi connectivity index (χ0) is 22.7. The van der Waals surface area contributed by atoms with Crippen LogP contribution in [0.5, 0.6) is 5.75 Å². The number of ether oxygens (including phenoxy) is 1. The molecule has 32 heavy (non-hydrogen) atoms. The van der Waals surface area contributed by atoms with Gasteiger partial charge >= 0.3 is 0 Å². The number of nitrogens with two attached hydrogens (primary N) is 1. The average molecular weight is 473 g/mol. The lowest BCUT2D eigenvalue weighted by atomic mass is 10.1. The van der Waals surface area contributed by atoms with E-state index in [0.29, 0.717) is 33.7 Å². The molecule has 1 amide bonds. The van der Waals surface area contributed by atoms with Crippen LogP contribution >= 0.6 is 22.9 Å². The van der Waals surface area contributed by atoms with Crippen LogP contribution in [-0.4, -0.2) is 43.5 Å². The number of rotatable bonds is 7. The minimum absolute atomic E-state index is 0.00233. The third-order valence-corrected chi connectivity index (χ3v) is 5.62. The van der Waals surface area contributed by atoms with Gasteiger partial charge in [0, 0.05) is 5.56 Å². The molecule has 0 saturated carbocycles. The Morgan fingerprint density at radius 2 is 2.06 bits per heavy atom. The Hall–Kier alpha value is -3.77. The Balaban J connectivity index is 1.71. The van der Waals surface area contributed by atoms with Gasteiger partial charge in [-0.1, -0.05) is 16.8 Å². The van der Waals surface area contributed by atoms with Crippen LogP contribution in [0.25, 0.3) is 17.1 Å². The summed E-state index contributed by atoms with van der Waals surface area (Å²) >= 11 is 7.32. The first-order chi connectivity index (χ1) is 15.5. The number of carbonyl (C=O) groups is 1. The van der Waals surface area contributed by atoms with Crippen LogP contribution in [0.15, 0.2) is 46.1 Å². The maximum Gasteiger partial charge on any atom is 0.294 e. The highest BCUT2D eigenvalue weighted by Crippen LogP contribution is 2.28. The quantitative estimate of drug-likeness (QED) is 0.308. The van der Waals surface area contributed by atoms with Crippen molar-refractivity contribution in [2.45, 2.75) is 13.8 Å². The molecule has 0 spiro atoms. The fourth-order valence-corrected chi connectivity index (χ4v) is 3.79. The SMILES string of the molecule is CCOc1ccc(-c2c(C(=O)N/N=C(\C)c3ccc(Cl)s3)nnn2-c2nonc2N)cc1. The molecule has 164 valence electrons. The molecule has 4 rings (SSSR count). The number of amides is 1. The number of hydrazone groups is 1. The van der Waals surface area contributed by atoms with Crippen molar-refractivity contribution in [1.29, 1.82) is 0 Å². The van der Waals surface area contributed by atoms with E-state index in [2.05, 4.69) is 35.8 Å². The Morgan fingerprint density at radius 3 is 2.69 bits per heavy atom. The van der Waals surface area contributed by atoms with Crippen molar-refractivity contribution < 1.29 is 14.2 Å². The lowest BCUT2D eigenvalue weighted by Gasteiger charge is -2.08. The zero-order valence-corrected chi connectivity index (χ0v) is 18.5. The van der Waals surface area contributed by atoms with E-state index < -0.39 is 5.91 Å². The summed E-state index contributed by atoms with van der Waals surface area (Å²) in [5, 5.41) is 19.5. The molecule has 0 radical (unpaired) electrons. The first kappa shape index (κ1) is 21.5. The van der Waals surface area contributed by atoms with Gasteiger partial charge in [0.15, 0.2) is 5.69 Å². The monoisotopic (exact) mass is 472 g/mol. The van der Waals surface area contributed by atoms with Crippen LogP contribution in [0.1, 0.15) is 29.2 Å². The number of anilines is 1. The molecule has 0 aliphatic rings. The Labute approximate surface area is 190 Å². The summed E-state index contributed by atoms with van der Waals surface area (Å²) in [7, 11) is 0. The van der Waals surface area contributed by atoms with E-state index in [0.717, 1.165) is 4.88 Å². The summed E-state index contributed by atoms with van der Waals surface area (Å²) in [5.74, 6) is 0.210. The van der Waals surface area contributed by atoms with Gasteiger partial charge in [0.1, 0.15) is 11.4 Å². The van der Waals surface area contributed by atoms with Crippen LogP contribution in [0.4, 0.5) is 5.82 Å². The summed E-state index contributed by atoms with van der Waals surface area (Å²) in [4.78, 5) is 13.8. The van der Waals surface area contributed by atoms with Gasteiger partial charge in [-0.2, -0.15) is 9.78 Å². The number of hydrogen-bond acceptors (Lipinski definition) is 10. The summed E-state index contributed by atoms with van der Waals surface area (Å²) in [6.07, 6.45) is 0. The molecule has 3 aromatic heterocycles. The van der Waals surface area contributed by atoms with Crippen LogP contribution in [-0.2, 0) is 0 Å². The largest absolute Gasteiger partial charge is 0.494 e. The number of nitrogens with one attached hydrogen (secondary N) is 1. The summed E-state index contributed by atoms with van der Waals surface area (Å²) in [6.45, 7) is 4.18. The van der Waals surface area contributed by atoms with Crippen LogP contribution < -0.4 is 15.9 Å². The first-order valence-corrected chi connectivity index (χ1v) is 10.5. The Bertz CT molecular complexity index is 1280. The van der Waals surface area contributed by atoms with E-state index in [1.165, 1.54) is 16.0 Å². The Morgan fingerprint density at radius 1 is 1.28 bits per heavy atom. The van der Waals surface area contributed by atoms with E-state index in [1.807, 2.05) is 13.0 Å². The van der Waals surface area contributed by atoms with Gasteiger partial charge in [-0.25, -0.2) is 10.1 Å². The first-order valence-electron chi connectivity index (χ1n) is 9.35. The highest BCUT2D eigenvalue weighted by molar-refractivity contribution is 7.18. The van der Waals surface area contributed by atoms with E-state index in [-0.39, 0.29) is 17.3 Å². The van der Waals surface area contributed by atoms with Gasteiger partial charge in [-0.3, -0.25) is 4.79 Å². The minimum atomic E-state index is -0.572. The number of carbonyl (C=O) groups excluding carboxylic acids is 1. The second kappa shape index (κ2) is 9.16. The average Bonchev–Trinajstić information content (AvgIpc) is 3.52. The van der Waals surface area contributed by atoms with Crippen molar-refractivity contribution >= 4 is 40.4 Å². The second-order valence-electron chi connectivity index (χ2n) is 6.37. The highest BCUT2D eigenvalue weighted by Gasteiger charge is 2.25. The van der Waals surface area contributed by atoms with E-state index in [1.54, 1.807) is 37.3 Å². The number of aromatic nitrogens is 5. The smallest absolute Gasteiger partial charge is 0.294 e. The molecule has 0 fully saturated rings. The number of hydrogen-bond donors (Lipinski definition) is 2. The topological polar surface area (TPSA) is 146 Å². The van der Waals surface area contributed by atoms with Gasteiger partial charge in [-0.05, 0) is 60.6 Å². The molecule has 0 unspecified atom stereocenters. The van der Waals surface area contributed by atoms with Gasteiger partial charge in [0.2, 0.25) is 11.6 Å². The summed E-state index contributed by atoms with van der Waals surface area (Å²) < 4.78 is 12.1. The maximum absolute atomic E-state index is 12.9. The number of benzene rings is 1. The molecule has 0 saturated heterocycles. The normalized spacial score (nSPS) is 11.5. The van der Waals surface area contributed by atoms with Gasteiger partial charge < -0.3 is 10.5 Å². The van der Waals surface area contributed by atoms with Crippen molar-refractivity contribution in [1.82, 2.24) is 30.7 Å². The second-order valence-corrected chi connectivity index (χ2v) is 8.09. The van der Waals surface area contributed by atoms with Crippen molar-refractivity contribution in [3.8, 4) is 22.8 Å². The molecule has 11 nitrogen and oxygen atoms in total. The third-order valence-electron chi connectivity index (χ3n) is 4.28. The molecule has 4 aromatic rings. The van der Waals surface area contributed by atoms with Crippen molar-refractivity contribution in [2.24, 2.45) is 5.10 Å². The molecule has 0 bridgehead atoms. The summed E-state index contributed by atoms with van der Waals surface area (Å²) in [5.41, 5.74) is 9.89. The van der Waals surface area contributed by atoms with Crippen molar-refractivity contribution in [2.75, 3.05) is 12.3 Å². The zero-order valence-electron chi connectivity index (χ0n) is 16.9. The van der Waals surface area contributed by atoms with Gasteiger partial charge in [-0.15, -0.1) is 16.4 Å². The molecule has 3 heterocycles. The predicted molar refractivity (Wildman–Crippen MR) is 119 cm³/mol. The molecule has 0 aliphatic carbocycles. The standard InChI is InChI=1S/C19H17ClN8O3S/c1-3-30-12-6-4-11(5-7-12)16-15(23-27-28(16)18-17(21)25-31-26-18)19(29)24-22-10(2)13-8-9-14(20)32-13/h4-9H,3H2,1-2H3,(H2,21,25)(H,24,29)/b22-10+. The fraction of sp³-hybridized carbons (Fsp3) is 0.158. The van der Waals surface area contributed by atoms with Gasteiger partial charge in [0.05, 0.1) is 21.5 Å². The van der Waals surface area contributed by atoms with E-state index >= 15 is 0 Å². The van der Waals surface area contributed by atoms with Crippen LogP contribution in [0.2, 0.25) is 4.34 Å². The van der Waals surface area contributed by atoms with E-state index in [4.69, 9.17) is 22.1 Å². The van der Waals surface area contributed by atoms with Crippen molar-refractivity contribution in [3.05, 3.63) is 51.3 Å². The molecule has 0 aliphatic heterocycles. The predicted octanol–water partition coefficient (Wildman–Crippen LogP) is 3.17. The summed E-state index contributed by atoms with van der Waals surface area (Å²) in [6, 6.07) is 10.6. The maximum atomic E-state index is 12.9. The van der Waals surface area contributed by atoms with Crippen LogP contribution in [0, 0.1) is 0 Å². The number of nitrogens with zero attached hydrogens (tertiary/aromatic N) is 6. The lowest BCUT2D eigenvalue weighted by molar-refractivity contribution is 0.0950. The minimum Gasteiger partial charge on any atom is -0.494 e. The molecule has 1 aromatic carbocycles. The Kier molecular flexibility index (Phi) is 6.14. The number of nitrogen functional groups attached to an aromatic ring is 1. The highest BCUT2D eigenvalue weighted by atomic mass is 35.5. The fourth-order valence-electron chi connectivity index (χ4n) is 2.81. The molecule has 0 atom stereocenters. The molecular weight excluding hydrogens is 456 g/mol. The number of halogens is 1. The lowest BCUT2D eigenvalue weighted by Crippen LogP contribution is -2.20. The molecule has 13 heteroatoms. The van der Waals surface area contributed by atoms with Crippen molar-refractivity contribution in [3.63, 3.8) is 0 Å². The number of thiophene rings is 1. The molecular formula is C19H17ClN8O3S. The van der Waals surface area contributed by atoms with E-state index in [9.17, 15) is 4.79 Å². The van der Waals surface area contributed by atoms with Crippen LogP contribution in [0.3, 0.4) is 0 Å². The third kappa shape index (κ3) is 4.31. The molecule has 3 N–H and O–H groups in total.